The molecule has 2 atom stereocenters. The van der Waals surface area contributed by atoms with Gasteiger partial charge in [-0.05, 0) is 51.4 Å². The summed E-state index contributed by atoms with van der Waals surface area (Å²) in [6, 6.07) is -0.536. The lowest BCUT2D eigenvalue weighted by atomic mass is 10.0. The summed E-state index contributed by atoms with van der Waals surface area (Å²) >= 11 is 0. The summed E-state index contributed by atoms with van der Waals surface area (Å²) in [5.41, 5.74) is 0. The van der Waals surface area contributed by atoms with Gasteiger partial charge in [-0.1, -0.05) is 334 Å². The third kappa shape index (κ3) is 59.8. The molecule has 0 fully saturated rings. The average Bonchev–Trinajstić information content (AvgIpc) is 3.40. The van der Waals surface area contributed by atoms with Crippen LogP contribution in [0.5, 0.6) is 0 Å². The Bertz CT molecular complexity index is 1110. The Morgan fingerprint density at radius 2 is 0.635 bits per heavy atom. The second-order valence-corrected chi connectivity index (χ2v) is 23.5. The molecule has 2 unspecified atom stereocenters. The molecule has 0 spiro atoms. The first kappa shape index (κ1) is 72.6. The van der Waals surface area contributed by atoms with Crippen molar-refractivity contribution in [3.8, 4) is 0 Å². The highest BCUT2D eigenvalue weighted by Crippen LogP contribution is 2.19. The number of amides is 1. The van der Waals surface area contributed by atoms with E-state index < -0.39 is 12.1 Å². The van der Waals surface area contributed by atoms with E-state index in [1.807, 2.05) is 0 Å². The zero-order chi connectivity index (χ0) is 53.6. The molecule has 3 N–H and O–H groups in total. The molecule has 0 radical (unpaired) electrons. The van der Waals surface area contributed by atoms with Gasteiger partial charge in [-0.3, -0.25) is 9.59 Å². The van der Waals surface area contributed by atoms with Crippen molar-refractivity contribution in [1.29, 1.82) is 0 Å². The van der Waals surface area contributed by atoms with Crippen molar-refractivity contribution in [3.05, 3.63) is 12.2 Å². The van der Waals surface area contributed by atoms with E-state index in [2.05, 4.69) is 31.3 Å². The second-order valence-electron chi connectivity index (χ2n) is 23.5. The predicted molar refractivity (Wildman–Crippen MR) is 324 cm³/mol. The Morgan fingerprint density at radius 1 is 0.365 bits per heavy atom. The first-order chi connectivity index (χ1) is 36.5. The van der Waals surface area contributed by atoms with Crippen LogP contribution < -0.4 is 5.32 Å². The van der Waals surface area contributed by atoms with E-state index in [9.17, 15) is 19.8 Å². The lowest BCUT2D eigenvalue weighted by Gasteiger charge is -2.22. The maximum absolute atomic E-state index is 12.5. The van der Waals surface area contributed by atoms with E-state index in [0.29, 0.717) is 25.9 Å². The molecule has 0 aromatic rings. The van der Waals surface area contributed by atoms with E-state index in [1.165, 1.54) is 308 Å². The van der Waals surface area contributed by atoms with Gasteiger partial charge in [0.15, 0.2) is 0 Å². The fourth-order valence-electron chi connectivity index (χ4n) is 10.9. The SMILES string of the molecule is CCCCCCCCC/C=C\CCCCCCCC(=O)OCCCCCCCCCCCCCCCCCCCCCCCCCCCCCCCCC(=O)NC(CO)C(O)CCCCCCCCCCCCC. The Labute approximate surface area is 463 Å². The molecule has 0 aromatic carbocycles. The first-order valence-corrected chi connectivity index (χ1v) is 33.9. The highest BCUT2D eigenvalue weighted by atomic mass is 16.5. The van der Waals surface area contributed by atoms with Crippen molar-refractivity contribution < 1.29 is 24.5 Å². The number of hydrogen-bond acceptors (Lipinski definition) is 5. The molecule has 74 heavy (non-hydrogen) atoms. The van der Waals surface area contributed by atoms with Crippen LogP contribution >= 0.6 is 0 Å². The summed E-state index contributed by atoms with van der Waals surface area (Å²) in [6.07, 6.45) is 78.3. The second kappa shape index (κ2) is 64.1. The van der Waals surface area contributed by atoms with Crippen molar-refractivity contribution in [2.75, 3.05) is 13.2 Å². The summed E-state index contributed by atoms with van der Waals surface area (Å²) in [5, 5.41) is 23.2. The molecule has 6 heteroatoms. The number of aliphatic hydroxyl groups is 2. The third-order valence-electron chi connectivity index (χ3n) is 16.1. The van der Waals surface area contributed by atoms with Crippen molar-refractivity contribution in [2.24, 2.45) is 0 Å². The number of aliphatic hydroxyl groups excluding tert-OH is 2. The maximum Gasteiger partial charge on any atom is 0.305 e. The van der Waals surface area contributed by atoms with Gasteiger partial charge in [0.2, 0.25) is 5.91 Å². The Hall–Kier alpha value is -1.40. The minimum Gasteiger partial charge on any atom is -0.466 e. The number of unbranched alkanes of at least 4 members (excludes halogenated alkanes) is 51. The number of hydrogen-bond donors (Lipinski definition) is 3. The summed E-state index contributed by atoms with van der Waals surface area (Å²) in [4.78, 5) is 24.5. The number of carbonyl (C=O) groups excluding carboxylic acids is 2. The van der Waals surface area contributed by atoms with Gasteiger partial charge in [0.25, 0.3) is 0 Å². The van der Waals surface area contributed by atoms with Crippen LogP contribution in [0.2, 0.25) is 0 Å². The first-order valence-electron chi connectivity index (χ1n) is 33.9. The lowest BCUT2D eigenvalue weighted by molar-refractivity contribution is -0.143. The molecule has 0 aliphatic heterocycles. The van der Waals surface area contributed by atoms with Gasteiger partial charge in [0, 0.05) is 12.8 Å². The van der Waals surface area contributed by atoms with Gasteiger partial charge in [-0.15, -0.1) is 0 Å². The third-order valence-corrected chi connectivity index (χ3v) is 16.1. The molecule has 6 nitrogen and oxygen atoms in total. The summed E-state index contributed by atoms with van der Waals surface area (Å²) in [5.74, 6) is -0.0166. The van der Waals surface area contributed by atoms with Crippen molar-refractivity contribution >= 4 is 11.9 Å². The van der Waals surface area contributed by atoms with Gasteiger partial charge in [0.1, 0.15) is 0 Å². The van der Waals surface area contributed by atoms with Crippen LogP contribution in [0.3, 0.4) is 0 Å². The average molecular weight is 1040 g/mol. The maximum atomic E-state index is 12.5. The Kier molecular flexibility index (Phi) is 62.9. The van der Waals surface area contributed by atoms with Crippen molar-refractivity contribution in [1.82, 2.24) is 5.32 Å². The smallest absolute Gasteiger partial charge is 0.305 e. The summed E-state index contributed by atoms with van der Waals surface area (Å²) in [7, 11) is 0. The van der Waals surface area contributed by atoms with Gasteiger partial charge in [-0.2, -0.15) is 0 Å². The molecule has 1 amide bonds. The van der Waals surface area contributed by atoms with E-state index in [4.69, 9.17) is 4.74 Å². The van der Waals surface area contributed by atoms with Crippen molar-refractivity contribution in [2.45, 2.75) is 398 Å². The summed E-state index contributed by atoms with van der Waals surface area (Å²) in [6.45, 7) is 4.97. The van der Waals surface area contributed by atoms with Crippen molar-refractivity contribution in [3.63, 3.8) is 0 Å². The number of allylic oxidation sites excluding steroid dienone is 2. The molecule has 0 saturated carbocycles. The molecule has 0 rings (SSSR count). The van der Waals surface area contributed by atoms with Crippen LogP contribution in [0.4, 0.5) is 0 Å². The molecule has 0 aromatic heterocycles. The number of rotatable bonds is 64. The van der Waals surface area contributed by atoms with Gasteiger partial charge in [0.05, 0.1) is 25.4 Å². The minimum absolute atomic E-state index is 0.0134. The zero-order valence-corrected chi connectivity index (χ0v) is 50.4. The molecule has 0 aliphatic rings. The van der Waals surface area contributed by atoms with E-state index in [-0.39, 0.29) is 18.5 Å². The highest BCUT2D eigenvalue weighted by Gasteiger charge is 2.20. The van der Waals surface area contributed by atoms with Crippen LogP contribution in [-0.4, -0.2) is 47.4 Å². The Morgan fingerprint density at radius 3 is 0.959 bits per heavy atom. The number of nitrogens with one attached hydrogen (secondary N) is 1. The molecule has 0 aliphatic carbocycles. The largest absolute Gasteiger partial charge is 0.466 e. The number of ether oxygens (including phenoxy) is 1. The van der Waals surface area contributed by atoms with Crippen LogP contribution in [0.1, 0.15) is 386 Å². The van der Waals surface area contributed by atoms with E-state index in [1.54, 1.807) is 0 Å². The normalized spacial score (nSPS) is 12.5. The monoisotopic (exact) mass is 1040 g/mol. The van der Waals surface area contributed by atoms with Gasteiger partial charge in [-0.25, -0.2) is 0 Å². The number of esters is 1. The zero-order valence-electron chi connectivity index (χ0n) is 50.4. The van der Waals surface area contributed by atoms with Crippen LogP contribution in [0, 0.1) is 0 Å². The quantitative estimate of drug-likeness (QED) is 0.0320. The van der Waals surface area contributed by atoms with Gasteiger partial charge < -0.3 is 20.3 Å². The summed E-state index contributed by atoms with van der Waals surface area (Å²) < 4.78 is 5.50. The van der Waals surface area contributed by atoms with Crippen LogP contribution in [0.25, 0.3) is 0 Å². The number of carbonyl (C=O) groups is 2. The Balaban J connectivity index is 3.30. The predicted octanol–water partition coefficient (Wildman–Crippen LogP) is 21.6. The van der Waals surface area contributed by atoms with Crippen LogP contribution in [0.15, 0.2) is 12.2 Å². The topological polar surface area (TPSA) is 95.9 Å². The highest BCUT2D eigenvalue weighted by molar-refractivity contribution is 5.76. The fourth-order valence-corrected chi connectivity index (χ4v) is 10.9. The van der Waals surface area contributed by atoms with Gasteiger partial charge >= 0.3 is 5.97 Å². The van der Waals surface area contributed by atoms with E-state index in [0.717, 1.165) is 44.9 Å². The molecule has 0 heterocycles. The molecule has 0 bridgehead atoms. The minimum atomic E-state index is -0.659. The van der Waals surface area contributed by atoms with Crippen LogP contribution in [-0.2, 0) is 14.3 Å². The molecular weight excluding hydrogens is 911 g/mol. The molecule has 440 valence electrons. The standard InChI is InChI=1S/C68H133NO5/c1-3-5-7-9-11-13-15-16-17-35-38-42-46-50-54-58-62-68(73)74-63-59-55-51-47-43-39-36-33-31-29-27-25-23-21-19-18-20-22-24-26-28-30-32-34-37-41-45-49-53-57-61-67(72)69-65(64-70)66(71)60-56-52-48-44-40-14-12-10-8-6-4-2/h17,35,65-66,70-71H,3-16,18-34,36-64H2,1-2H3,(H,69,72)/b35-17-. The fraction of sp³-hybridized carbons (Fsp3) is 0.941. The molecular formula is C68H133NO5. The van der Waals surface area contributed by atoms with E-state index >= 15 is 0 Å². The lowest BCUT2D eigenvalue weighted by Crippen LogP contribution is -2.45. The molecule has 0 saturated heterocycles.